The second-order valence-corrected chi connectivity index (χ2v) is 6.29. The van der Waals surface area contributed by atoms with Gasteiger partial charge in [-0.25, -0.2) is 0 Å². The number of nitrogens with one attached hydrogen (secondary N) is 1. The van der Waals surface area contributed by atoms with E-state index in [2.05, 4.69) is 45.5 Å². The molecule has 2 heterocycles. The summed E-state index contributed by atoms with van der Waals surface area (Å²) in [5, 5.41) is 12.7. The first-order chi connectivity index (χ1) is 11.9. The van der Waals surface area contributed by atoms with E-state index in [1.165, 1.54) is 38.8 Å². The number of aromatic nitrogens is 1. The van der Waals surface area contributed by atoms with Gasteiger partial charge in [-0.2, -0.15) is 5.26 Å². The Hall–Kier alpha value is -2.38. The molecule has 4 heteroatoms. The van der Waals surface area contributed by atoms with Crippen LogP contribution in [0.25, 0.3) is 11.1 Å². The SMILES string of the molecule is N#Cc1cnccc1-c1ccc(NCCN2CCCCCC2)cc1. The fraction of sp³-hybridized carbons (Fsp3) is 0.400. The van der Waals surface area contributed by atoms with Crippen LogP contribution in [0.3, 0.4) is 0 Å². The van der Waals surface area contributed by atoms with Gasteiger partial charge >= 0.3 is 0 Å². The summed E-state index contributed by atoms with van der Waals surface area (Å²) in [6.07, 6.45) is 8.77. The lowest BCUT2D eigenvalue weighted by Gasteiger charge is -2.20. The normalized spacial score (nSPS) is 15.5. The van der Waals surface area contributed by atoms with Crippen LogP contribution in [0.2, 0.25) is 0 Å². The first kappa shape index (κ1) is 16.5. The lowest BCUT2D eigenvalue weighted by atomic mass is 10.0. The molecule has 1 aromatic heterocycles. The molecular formula is C20H24N4. The number of anilines is 1. The Morgan fingerprint density at radius 2 is 1.79 bits per heavy atom. The van der Waals surface area contributed by atoms with Gasteiger partial charge in [-0.1, -0.05) is 25.0 Å². The van der Waals surface area contributed by atoms with Crippen molar-refractivity contribution in [2.45, 2.75) is 25.7 Å². The number of pyridine rings is 1. The molecule has 3 rings (SSSR count). The van der Waals surface area contributed by atoms with Crippen molar-refractivity contribution in [2.75, 3.05) is 31.5 Å². The van der Waals surface area contributed by atoms with E-state index in [0.29, 0.717) is 5.56 Å². The third-order valence-electron chi connectivity index (χ3n) is 4.59. The maximum absolute atomic E-state index is 9.19. The highest BCUT2D eigenvalue weighted by Crippen LogP contribution is 2.24. The molecule has 1 aliphatic heterocycles. The smallest absolute Gasteiger partial charge is 0.101 e. The highest BCUT2D eigenvalue weighted by atomic mass is 15.1. The molecule has 0 atom stereocenters. The topological polar surface area (TPSA) is 52.0 Å². The van der Waals surface area contributed by atoms with Gasteiger partial charge in [0.25, 0.3) is 0 Å². The Morgan fingerprint density at radius 1 is 1.04 bits per heavy atom. The Balaban J connectivity index is 1.56. The summed E-state index contributed by atoms with van der Waals surface area (Å²) in [6.45, 7) is 4.54. The molecule has 1 N–H and O–H groups in total. The first-order valence-corrected chi connectivity index (χ1v) is 8.77. The molecule has 0 bridgehead atoms. The number of hydrogen-bond acceptors (Lipinski definition) is 4. The summed E-state index contributed by atoms with van der Waals surface area (Å²) in [7, 11) is 0. The van der Waals surface area contributed by atoms with Gasteiger partial charge in [-0.05, 0) is 49.7 Å². The van der Waals surface area contributed by atoms with E-state index >= 15 is 0 Å². The van der Waals surface area contributed by atoms with Crippen molar-refractivity contribution in [1.29, 1.82) is 5.26 Å². The van der Waals surface area contributed by atoms with Crippen molar-refractivity contribution < 1.29 is 0 Å². The lowest BCUT2D eigenvalue weighted by molar-refractivity contribution is 0.296. The third-order valence-corrected chi connectivity index (χ3v) is 4.59. The van der Waals surface area contributed by atoms with Crippen molar-refractivity contribution in [3.8, 4) is 17.2 Å². The maximum atomic E-state index is 9.19. The summed E-state index contributed by atoms with van der Waals surface area (Å²) in [5.41, 5.74) is 3.72. The minimum absolute atomic E-state index is 0.611. The molecular weight excluding hydrogens is 296 g/mol. The Labute approximate surface area is 144 Å². The van der Waals surface area contributed by atoms with Crippen LogP contribution < -0.4 is 5.32 Å². The molecule has 24 heavy (non-hydrogen) atoms. The Morgan fingerprint density at radius 3 is 2.50 bits per heavy atom. The monoisotopic (exact) mass is 320 g/mol. The Bertz CT molecular complexity index is 680. The zero-order valence-electron chi connectivity index (χ0n) is 14.0. The molecule has 1 aromatic carbocycles. The molecule has 0 aliphatic carbocycles. The van der Waals surface area contributed by atoms with E-state index in [-0.39, 0.29) is 0 Å². The highest BCUT2D eigenvalue weighted by Gasteiger charge is 2.08. The van der Waals surface area contributed by atoms with Gasteiger partial charge in [0.2, 0.25) is 0 Å². The fourth-order valence-electron chi connectivity index (χ4n) is 3.22. The van der Waals surface area contributed by atoms with Crippen LogP contribution in [0.15, 0.2) is 42.7 Å². The molecule has 1 fully saturated rings. The van der Waals surface area contributed by atoms with Crippen LogP contribution in [0.5, 0.6) is 0 Å². The van der Waals surface area contributed by atoms with Crippen LogP contribution in [0, 0.1) is 11.3 Å². The average molecular weight is 320 g/mol. The summed E-state index contributed by atoms with van der Waals surface area (Å²) in [6, 6.07) is 12.4. The summed E-state index contributed by atoms with van der Waals surface area (Å²) < 4.78 is 0. The number of benzene rings is 1. The van der Waals surface area contributed by atoms with E-state index < -0.39 is 0 Å². The van der Waals surface area contributed by atoms with Crippen LogP contribution in [-0.4, -0.2) is 36.1 Å². The van der Waals surface area contributed by atoms with Gasteiger partial charge in [0, 0.05) is 36.7 Å². The van der Waals surface area contributed by atoms with Gasteiger partial charge in [-0.15, -0.1) is 0 Å². The molecule has 0 radical (unpaired) electrons. The summed E-state index contributed by atoms with van der Waals surface area (Å²) in [5.74, 6) is 0. The van der Waals surface area contributed by atoms with Gasteiger partial charge in [0.15, 0.2) is 0 Å². The number of nitrogens with zero attached hydrogens (tertiary/aromatic N) is 3. The number of hydrogen-bond donors (Lipinski definition) is 1. The van der Waals surface area contributed by atoms with E-state index in [9.17, 15) is 5.26 Å². The molecule has 1 saturated heterocycles. The van der Waals surface area contributed by atoms with Crippen LogP contribution >= 0.6 is 0 Å². The van der Waals surface area contributed by atoms with E-state index in [1.807, 2.05) is 6.07 Å². The number of likely N-dealkylation sites (tertiary alicyclic amines) is 1. The quantitative estimate of drug-likeness (QED) is 0.907. The van der Waals surface area contributed by atoms with E-state index in [4.69, 9.17) is 0 Å². The van der Waals surface area contributed by atoms with Crippen LogP contribution in [-0.2, 0) is 0 Å². The number of rotatable bonds is 5. The molecule has 0 spiro atoms. The molecule has 0 saturated carbocycles. The summed E-state index contributed by atoms with van der Waals surface area (Å²) in [4.78, 5) is 6.57. The standard InChI is InChI=1S/C20H24N4/c21-15-18-16-22-10-9-20(18)17-5-7-19(8-6-17)23-11-14-24-12-3-1-2-4-13-24/h5-10,16,23H,1-4,11-14H2. The molecule has 0 unspecified atom stereocenters. The van der Waals surface area contributed by atoms with Crippen molar-refractivity contribution in [3.63, 3.8) is 0 Å². The van der Waals surface area contributed by atoms with Crippen molar-refractivity contribution in [3.05, 3.63) is 48.3 Å². The maximum Gasteiger partial charge on any atom is 0.101 e. The minimum atomic E-state index is 0.611. The third kappa shape index (κ3) is 4.33. The predicted octanol–water partition coefficient (Wildman–Crippen LogP) is 3.91. The average Bonchev–Trinajstić information content (AvgIpc) is 2.91. The minimum Gasteiger partial charge on any atom is -0.384 e. The highest BCUT2D eigenvalue weighted by molar-refractivity contribution is 5.71. The van der Waals surface area contributed by atoms with Gasteiger partial charge in [0.05, 0.1) is 5.56 Å². The molecule has 1 aliphatic rings. The largest absolute Gasteiger partial charge is 0.384 e. The van der Waals surface area contributed by atoms with Crippen molar-refractivity contribution in [2.24, 2.45) is 0 Å². The van der Waals surface area contributed by atoms with Crippen LogP contribution in [0.4, 0.5) is 5.69 Å². The molecule has 0 amide bonds. The van der Waals surface area contributed by atoms with Gasteiger partial charge < -0.3 is 10.2 Å². The second kappa shape index (κ2) is 8.47. The fourth-order valence-corrected chi connectivity index (χ4v) is 3.22. The van der Waals surface area contributed by atoms with E-state index in [1.54, 1.807) is 12.4 Å². The Kier molecular flexibility index (Phi) is 5.81. The van der Waals surface area contributed by atoms with Gasteiger partial charge in [-0.3, -0.25) is 4.98 Å². The number of nitriles is 1. The first-order valence-electron chi connectivity index (χ1n) is 8.77. The molecule has 4 nitrogen and oxygen atoms in total. The summed E-state index contributed by atoms with van der Waals surface area (Å²) >= 11 is 0. The van der Waals surface area contributed by atoms with Crippen molar-refractivity contribution >= 4 is 5.69 Å². The van der Waals surface area contributed by atoms with Gasteiger partial charge in [0.1, 0.15) is 6.07 Å². The zero-order valence-corrected chi connectivity index (χ0v) is 14.0. The zero-order chi connectivity index (χ0) is 16.6. The molecule has 124 valence electrons. The van der Waals surface area contributed by atoms with Crippen molar-refractivity contribution in [1.82, 2.24) is 9.88 Å². The van der Waals surface area contributed by atoms with E-state index in [0.717, 1.165) is 29.9 Å². The molecule has 2 aromatic rings. The second-order valence-electron chi connectivity index (χ2n) is 6.29. The predicted molar refractivity (Wildman–Crippen MR) is 97.8 cm³/mol. The lowest BCUT2D eigenvalue weighted by Crippen LogP contribution is -2.29. The van der Waals surface area contributed by atoms with Crippen LogP contribution in [0.1, 0.15) is 31.2 Å².